The summed E-state index contributed by atoms with van der Waals surface area (Å²) >= 11 is 0. The number of nitrogens with one attached hydrogen (secondary N) is 1. The molecule has 2 aromatic rings. The molecule has 0 radical (unpaired) electrons. The highest BCUT2D eigenvalue weighted by atomic mass is 19.1. The van der Waals surface area contributed by atoms with Crippen molar-refractivity contribution < 1.29 is 18.4 Å². The highest BCUT2D eigenvalue weighted by Crippen LogP contribution is 2.35. The Balaban J connectivity index is 1.60. The number of carbonyl (C=O) groups is 2. The van der Waals surface area contributed by atoms with Gasteiger partial charge in [-0.25, -0.2) is 18.8 Å². The number of hydrogen-bond acceptors (Lipinski definition) is 5. The monoisotopic (exact) mass is 390 g/mol. The lowest BCUT2D eigenvalue weighted by molar-refractivity contribution is -0.120. The van der Waals surface area contributed by atoms with Crippen LogP contribution in [0.3, 0.4) is 0 Å². The van der Waals surface area contributed by atoms with Crippen LogP contribution in [-0.4, -0.2) is 55.1 Å². The van der Waals surface area contributed by atoms with Gasteiger partial charge in [-0.15, -0.1) is 0 Å². The number of nitrogens with zero attached hydrogens (tertiary/aromatic N) is 5. The highest BCUT2D eigenvalue weighted by molar-refractivity contribution is 5.98. The van der Waals surface area contributed by atoms with E-state index in [0.29, 0.717) is 19.5 Å². The Morgan fingerprint density at radius 1 is 1.36 bits per heavy atom. The number of carbonyl (C=O) groups excluding carboxylic acids is 2. The fourth-order valence-electron chi connectivity index (χ4n) is 4.04. The third-order valence-electron chi connectivity index (χ3n) is 5.37. The summed E-state index contributed by atoms with van der Waals surface area (Å²) in [6.45, 7) is 1.71. The van der Waals surface area contributed by atoms with Crippen molar-refractivity contribution in [2.45, 2.75) is 31.3 Å². The molecular weight excluding hydrogens is 370 g/mol. The van der Waals surface area contributed by atoms with E-state index < -0.39 is 28.6 Å². The minimum Gasteiger partial charge on any atom is -0.294 e. The Bertz CT molecular complexity index is 933. The van der Waals surface area contributed by atoms with Gasteiger partial charge in [0.05, 0.1) is 24.1 Å². The lowest BCUT2D eigenvalue weighted by atomic mass is 9.85. The van der Waals surface area contributed by atoms with Crippen molar-refractivity contribution in [1.82, 2.24) is 30.1 Å². The second-order valence-corrected chi connectivity index (χ2v) is 7.31. The Morgan fingerprint density at radius 2 is 2.18 bits per heavy atom. The first-order chi connectivity index (χ1) is 13.4. The van der Waals surface area contributed by atoms with Crippen LogP contribution in [0.4, 0.5) is 8.78 Å². The van der Waals surface area contributed by atoms with Crippen LogP contribution in [0.2, 0.25) is 0 Å². The molecule has 4 rings (SSSR count). The molecule has 1 N–H and O–H groups in total. The van der Waals surface area contributed by atoms with Crippen molar-refractivity contribution in [3.05, 3.63) is 47.5 Å². The number of piperidine rings is 1. The van der Waals surface area contributed by atoms with Crippen molar-refractivity contribution >= 4 is 11.8 Å². The van der Waals surface area contributed by atoms with E-state index in [-0.39, 0.29) is 12.3 Å². The van der Waals surface area contributed by atoms with Gasteiger partial charge < -0.3 is 0 Å². The van der Waals surface area contributed by atoms with E-state index in [1.807, 2.05) is 0 Å². The van der Waals surface area contributed by atoms with Crippen LogP contribution in [0.5, 0.6) is 0 Å². The molecule has 2 amide bonds. The van der Waals surface area contributed by atoms with Crippen LogP contribution in [0.15, 0.2) is 24.5 Å². The predicted molar refractivity (Wildman–Crippen MR) is 93.5 cm³/mol. The normalized spacial score (nSPS) is 22.7. The number of halogens is 2. The summed E-state index contributed by atoms with van der Waals surface area (Å²) in [4.78, 5) is 31.5. The molecule has 1 aromatic carbocycles. The topological polar surface area (TPSA) is 83.4 Å². The van der Waals surface area contributed by atoms with Gasteiger partial charge in [-0.05, 0) is 37.6 Å². The molecule has 0 aliphatic carbocycles. The zero-order chi connectivity index (χ0) is 19.9. The predicted octanol–water partition coefficient (Wildman–Crippen LogP) is 1.01. The van der Waals surface area contributed by atoms with Gasteiger partial charge >= 0.3 is 0 Å². The minimum absolute atomic E-state index is 0.116. The van der Waals surface area contributed by atoms with Crippen LogP contribution >= 0.6 is 0 Å². The molecule has 0 saturated carbocycles. The Morgan fingerprint density at radius 3 is 2.93 bits per heavy atom. The summed E-state index contributed by atoms with van der Waals surface area (Å²) in [5, 5.41) is 5.25. The first kappa shape index (κ1) is 18.5. The molecule has 1 spiro atoms. The summed E-state index contributed by atoms with van der Waals surface area (Å²) in [6.07, 6.45) is 2.93. The van der Waals surface area contributed by atoms with Gasteiger partial charge in [0.1, 0.15) is 23.8 Å². The number of aromatic nitrogens is 3. The summed E-state index contributed by atoms with van der Waals surface area (Å²) in [7, 11) is 1.80. The number of aryl methyl sites for hydroxylation is 1. The van der Waals surface area contributed by atoms with Crippen molar-refractivity contribution in [3.8, 4) is 0 Å². The summed E-state index contributed by atoms with van der Waals surface area (Å²) in [5.74, 6) is -1.83. The van der Waals surface area contributed by atoms with E-state index in [4.69, 9.17) is 0 Å². The standard InChI is InChI=1S/C18H20F2N6O2/c1-24-15(21-11-22-24)9-25-6-2-5-18(10-25)8-16(27)23-26(18)17(28)13-7-12(19)3-4-14(13)20/h3-4,7,11H,2,5-6,8-10H2,1H3,(H,23,27). The number of amides is 2. The van der Waals surface area contributed by atoms with E-state index in [1.54, 1.807) is 11.7 Å². The molecule has 3 heterocycles. The van der Waals surface area contributed by atoms with Crippen LogP contribution < -0.4 is 5.43 Å². The number of likely N-dealkylation sites (tertiary alicyclic amines) is 1. The second-order valence-electron chi connectivity index (χ2n) is 7.31. The molecule has 148 valence electrons. The molecule has 1 aromatic heterocycles. The Labute approximate surface area is 160 Å². The van der Waals surface area contributed by atoms with Gasteiger partial charge in [-0.2, -0.15) is 5.10 Å². The summed E-state index contributed by atoms with van der Waals surface area (Å²) in [6, 6.07) is 2.72. The zero-order valence-corrected chi connectivity index (χ0v) is 15.4. The molecule has 0 bridgehead atoms. The Hall–Kier alpha value is -2.88. The molecule has 2 aliphatic rings. The first-order valence-electron chi connectivity index (χ1n) is 9.02. The Kier molecular flexibility index (Phi) is 4.58. The van der Waals surface area contributed by atoms with Gasteiger partial charge in [0.25, 0.3) is 5.91 Å². The van der Waals surface area contributed by atoms with Gasteiger partial charge in [0, 0.05) is 13.6 Å². The van der Waals surface area contributed by atoms with Gasteiger partial charge in [0.15, 0.2) is 0 Å². The first-order valence-corrected chi connectivity index (χ1v) is 9.02. The number of hydrazine groups is 1. The van der Waals surface area contributed by atoms with Gasteiger partial charge in [-0.3, -0.25) is 24.6 Å². The maximum Gasteiger partial charge on any atom is 0.275 e. The van der Waals surface area contributed by atoms with Crippen LogP contribution in [0.25, 0.3) is 0 Å². The van der Waals surface area contributed by atoms with Gasteiger partial charge in [-0.1, -0.05) is 0 Å². The third kappa shape index (κ3) is 3.24. The molecule has 1 unspecified atom stereocenters. The number of rotatable bonds is 3. The van der Waals surface area contributed by atoms with Gasteiger partial charge in [0.2, 0.25) is 5.91 Å². The molecule has 1 atom stereocenters. The van der Waals surface area contributed by atoms with Crippen molar-refractivity contribution in [2.24, 2.45) is 7.05 Å². The van der Waals surface area contributed by atoms with E-state index in [2.05, 4.69) is 20.4 Å². The molecule has 8 nitrogen and oxygen atoms in total. The lowest BCUT2D eigenvalue weighted by Gasteiger charge is -2.44. The van der Waals surface area contributed by atoms with Crippen LogP contribution in [0, 0.1) is 11.6 Å². The molecule has 2 fully saturated rings. The maximum absolute atomic E-state index is 14.1. The maximum atomic E-state index is 14.1. The van der Waals surface area contributed by atoms with E-state index in [1.165, 1.54) is 11.3 Å². The SMILES string of the molecule is Cn1ncnc1CN1CCCC2(CC(=O)NN2C(=O)c2cc(F)ccc2F)C1. The fraction of sp³-hybridized carbons (Fsp3) is 0.444. The zero-order valence-electron chi connectivity index (χ0n) is 15.4. The summed E-state index contributed by atoms with van der Waals surface area (Å²) in [5.41, 5.74) is 1.33. The van der Waals surface area contributed by atoms with E-state index >= 15 is 0 Å². The van der Waals surface area contributed by atoms with E-state index in [0.717, 1.165) is 37.0 Å². The number of hydrogen-bond donors (Lipinski definition) is 1. The average Bonchev–Trinajstić information content (AvgIpc) is 3.19. The smallest absolute Gasteiger partial charge is 0.275 e. The molecule has 2 saturated heterocycles. The molecule has 2 aliphatic heterocycles. The average molecular weight is 390 g/mol. The van der Waals surface area contributed by atoms with Crippen LogP contribution in [-0.2, 0) is 18.4 Å². The molecular formula is C18H20F2N6O2. The fourth-order valence-corrected chi connectivity index (χ4v) is 4.04. The van der Waals surface area contributed by atoms with Crippen LogP contribution in [0.1, 0.15) is 35.4 Å². The third-order valence-corrected chi connectivity index (χ3v) is 5.37. The lowest BCUT2D eigenvalue weighted by Crippen LogP contribution is -2.59. The highest BCUT2D eigenvalue weighted by Gasteiger charge is 2.50. The largest absolute Gasteiger partial charge is 0.294 e. The summed E-state index contributed by atoms with van der Waals surface area (Å²) < 4.78 is 29.4. The van der Waals surface area contributed by atoms with Crippen molar-refractivity contribution in [2.75, 3.05) is 13.1 Å². The molecule has 28 heavy (non-hydrogen) atoms. The second kappa shape index (κ2) is 6.93. The minimum atomic E-state index is -0.825. The van der Waals surface area contributed by atoms with Crippen molar-refractivity contribution in [1.29, 1.82) is 0 Å². The quantitative estimate of drug-likeness (QED) is 0.846. The number of benzene rings is 1. The van der Waals surface area contributed by atoms with Crippen molar-refractivity contribution in [3.63, 3.8) is 0 Å². The molecule has 10 heteroatoms. The van der Waals surface area contributed by atoms with E-state index in [9.17, 15) is 18.4 Å².